The molecule has 51 heavy (non-hydrogen) atoms. The third-order valence-electron chi connectivity index (χ3n) is 11.6. The highest BCUT2D eigenvalue weighted by atomic mass is 14.9. The number of hydrogen-bond donors (Lipinski definition) is 0. The van der Waals surface area contributed by atoms with Gasteiger partial charge in [-0.3, -0.25) is 0 Å². The normalized spacial score (nSPS) is 15.5. The van der Waals surface area contributed by atoms with Crippen molar-refractivity contribution >= 4 is 28.3 Å². The summed E-state index contributed by atoms with van der Waals surface area (Å²) in [6.45, 7) is 0. The van der Waals surface area contributed by atoms with Gasteiger partial charge in [-0.05, 0) is 63.8 Å². The highest BCUT2D eigenvalue weighted by Crippen LogP contribution is 2.45. The minimum Gasteiger partial charge on any atom is -0.408 e. The molecule has 0 unspecified atom stereocenters. The summed E-state index contributed by atoms with van der Waals surface area (Å²) in [5.41, 5.74) is 15.9. The van der Waals surface area contributed by atoms with Crippen molar-refractivity contribution in [1.82, 2.24) is 0 Å². The maximum Gasteiger partial charge on any atom is 0.361 e. The van der Waals surface area contributed by atoms with Crippen molar-refractivity contribution in [3.63, 3.8) is 0 Å². The topological polar surface area (TPSA) is 3.88 Å². The maximum atomic E-state index is 2.67. The summed E-state index contributed by atoms with van der Waals surface area (Å²) in [5.74, 6) is 0.520. The summed E-state index contributed by atoms with van der Waals surface area (Å²) in [6.07, 6.45) is 7.15. The molecular formula is C49H42BN. The zero-order chi connectivity index (χ0) is 34.0. The molecule has 246 valence electrons. The van der Waals surface area contributed by atoms with E-state index in [-0.39, 0.29) is 0 Å². The van der Waals surface area contributed by atoms with Crippen LogP contribution in [0.1, 0.15) is 43.4 Å². The summed E-state index contributed by atoms with van der Waals surface area (Å²) >= 11 is 0. The number of rotatable bonds is 7. The Hall–Kier alpha value is -5.73. The second-order valence-corrected chi connectivity index (χ2v) is 14.4. The molecule has 6 aromatic carbocycles. The molecule has 2 aliphatic rings. The molecule has 0 saturated heterocycles. The molecule has 1 aromatic heterocycles. The predicted molar refractivity (Wildman–Crippen MR) is 216 cm³/mol. The van der Waals surface area contributed by atoms with Gasteiger partial charge in [0.25, 0.3) is 0 Å². The maximum absolute atomic E-state index is 2.67. The van der Waals surface area contributed by atoms with Crippen LogP contribution < -0.4 is 15.4 Å². The lowest BCUT2D eigenvalue weighted by atomic mass is 9.23. The molecule has 1 aliphatic carbocycles. The van der Waals surface area contributed by atoms with E-state index in [1.807, 2.05) is 0 Å². The van der Waals surface area contributed by atoms with E-state index in [0.717, 1.165) is 0 Å². The molecule has 0 radical (unpaired) electrons. The van der Waals surface area contributed by atoms with Crippen molar-refractivity contribution in [3.8, 4) is 33.4 Å². The zero-order valence-corrected chi connectivity index (χ0v) is 29.0. The second kappa shape index (κ2) is 13.5. The van der Waals surface area contributed by atoms with Crippen LogP contribution in [0.3, 0.4) is 0 Å². The first-order valence-corrected chi connectivity index (χ1v) is 18.7. The van der Waals surface area contributed by atoms with Gasteiger partial charge in [0, 0.05) is 6.07 Å². The Morgan fingerprint density at radius 1 is 0.373 bits per heavy atom. The van der Waals surface area contributed by atoms with Gasteiger partial charge in [-0.1, -0.05) is 195 Å². The minimum absolute atomic E-state index is 0.520. The average molecular weight is 656 g/mol. The molecule has 1 nitrogen and oxygen atoms in total. The highest BCUT2D eigenvalue weighted by molar-refractivity contribution is 7.10. The molecular weight excluding hydrogens is 613 g/mol. The molecule has 0 N–H and O–H groups in total. The van der Waals surface area contributed by atoms with Gasteiger partial charge in [0.2, 0.25) is 0 Å². The van der Waals surface area contributed by atoms with Crippen LogP contribution in [0.2, 0.25) is 0 Å². The lowest BCUT2D eigenvalue weighted by Crippen LogP contribution is -2.78. The van der Waals surface area contributed by atoms with Crippen LogP contribution in [-0.2, 0) is 0 Å². The Labute approximate surface area is 302 Å². The number of nitrogens with zero attached hydrogens (tertiary/aromatic N) is 1. The first kappa shape index (κ1) is 31.3. The number of benzene rings is 6. The van der Waals surface area contributed by atoms with Gasteiger partial charge < -0.3 is 4.48 Å². The Kier molecular flexibility index (Phi) is 8.30. The fourth-order valence-corrected chi connectivity index (χ4v) is 9.23. The van der Waals surface area contributed by atoms with E-state index >= 15 is 0 Å². The van der Waals surface area contributed by atoms with E-state index in [1.54, 1.807) is 5.57 Å². The van der Waals surface area contributed by atoms with Crippen LogP contribution in [0.4, 0.5) is 0 Å². The van der Waals surface area contributed by atoms with Crippen molar-refractivity contribution in [2.45, 2.75) is 32.1 Å². The molecule has 1 aliphatic heterocycles. The van der Waals surface area contributed by atoms with E-state index < -0.39 is 6.28 Å². The minimum atomic E-state index is -1.60. The van der Waals surface area contributed by atoms with Crippen molar-refractivity contribution in [2.75, 3.05) is 0 Å². The Bertz CT molecular complexity index is 2200. The summed E-state index contributed by atoms with van der Waals surface area (Å²) < 4.78 is 2.67. The third-order valence-corrected chi connectivity index (χ3v) is 11.6. The van der Waals surface area contributed by atoms with Crippen molar-refractivity contribution in [2.24, 2.45) is 5.92 Å². The quantitative estimate of drug-likeness (QED) is 0.151. The SMILES string of the molecule is c1ccc(-c2ccc(C3=C(C4CCCCC4)c4cccc[n+]4[B-]3(c3ccc(-c4ccccc4)cc3)c3ccc(-c4ccccc4)cc3)cc2)cc1. The first-order chi connectivity index (χ1) is 25.3. The van der Waals surface area contributed by atoms with Gasteiger partial charge >= 0.3 is 6.28 Å². The van der Waals surface area contributed by atoms with Crippen molar-refractivity contribution < 1.29 is 4.48 Å². The van der Waals surface area contributed by atoms with Gasteiger partial charge in [-0.25, -0.2) is 0 Å². The summed E-state index contributed by atoms with van der Waals surface area (Å²) in [4.78, 5) is 0. The third kappa shape index (κ3) is 5.56. The predicted octanol–water partition coefficient (Wildman–Crippen LogP) is 10.6. The molecule has 0 amide bonds. The van der Waals surface area contributed by atoms with Crippen LogP contribution in [0.25, 0.3) is 44.4 Å². The van der Waals surface area contributed by atoms with Crippen LogP contribution in [-0.4, -0.2) is 6.28 Å². The zero-order valence-electron chi connectivity index (χ0n) is 29.0. The Balaban J connectivity index is 1.32. The molecule has 7 aromatic rings. The summed E-state index contributed by atoms with van der Waals surface area (Å²) in [6, 6.07) is 67.6. The van der Waals surface area contributed by atoms with Crippen molar-refractivity contribution in [1.29, 1.82) is 0 Å². The number of hydrogen-bond acceptors (Lipinski definition) is 0. The molecule has 9 rings (SSSR count). The van der Waals surface area contributed by atoms with E-state index in [9.17, 15) is 0 Å². The van der Waals surface area contributed by atoms with Crippen LogP contribution in [0.5, 0.6) is 0 Å². The van der Waals surface area contributed by atoms with E-state index in [2.05, 4.69) is 193 Å². The van der Waals surface area contributed by atoms with Gasteiger partial charge in [0.05, 0.1) is 0 Å². The van der Waals surface area contributed by atoms with E-state index in [0.29, 0.717) is 5.92 Å². The van der Waals surface area contributed by atoms with E-state index in [4.69, 9.17) is 0 Å². The van der Waals surface area contributed by atoms with Gasteiger partial charge in [0.1, 0.15) is 6.20 Å². The van der Waals surface area contributed by atoms with Crippen LogP contribution >= 0.6 is 0 Å². The van der Waals surface area contributed by atoms with Gasteiger partial charge in [-0.2, -0.15) is 0 Å². The standard InChI is InChI=1S/C49H42BN/c1-5-15-37(16-6-1)40-24-26-44(27-25-40)49-48(43-21-11-4-12-22-43)47-23-13-14-36-51(47)50(49,45-32-28-41(29-33-45)38-17-7-2-8-18-38)46-34-30-42(31-35-46)39-19-9-3-10-20-39/h1-3,5-10,13-20,23-36,43H,4,11-12,21-22H2. The molecule has 2 heteroatoms. The fourth-order valence-electron chi connectivity index (χ4n) is 9.23. The lowest BCUT2D eigenvalue weighted by Gasteiger charge is -2.36. The second-order valence-electron chi connectivity index (χ2n) is 14.4. The van der Waals surface area contributed by atoms with Gasteiger partial charge in [0.15, 0.2) is 5.69 Å². The summed E-state index contributed by atoms with van der Waals surface area (Å²) in [7, 11) is 0. The van der Waals surface area contributed by atoms with E-state index in [1.165, 1.54) is 93.1 Å². The molecule has 1 fully saturated rings. The molecule has 1 saturated carbocycles. The average Bonchev–Trinajstić information content (AvgIpc) is 3.54. The molecule has 0 bridgehead atoms. The van der Waals surface area contributed by atoms with Crippen LogP contribution in [0, 0.1) is 5.92 Å². The number of fused-ring (bicyclic) bond motifs is 1. The molecule has 0 atom stereocenters. The van der Waals surface area contributed by atoms with Crippen molar-refractivity contribution in [3.05, 3.63) is 199 Å². The number of pyridine rings is 1. The highest BCUT2D eigenvalue weighted by Gasteiger charge is 2.52. The van der Waals surface area contributed by atoms with Gasteiger partial charge in [-0.15, -0.1) is 16.4 Å². The lowest BCUT2D eigenvalue weighted by molar-refractivity contribution is -0.539. The largest absolute Gasteiger partial charge is 0.408 e. The number of aromatic nitrogens is 1. The summed E-state index contributed by atoms with van der Waals surface area (Å²) in [5, 5.41) is 0. The monoisotopic (exact) mass is 655 g/mol. The number of allylic oxidation sites excluding steroid dienone is 1. The first-order valence-electron chi connectivity index (χ1n) is 18.7. The Morgan fingerprint density at radius 3 is 1.24 bits per heavy atom. The fraction of sp³-hybridized carbons (Fsp3) is 0.122. The van der Waals surface area contributed by atoms with Crippen LogP contribution in [0.15, 0.2) is 188 Å². The molecule has 0 spiro atoms. The Morgan fingerprint density at radius 2 is 0.765 bits per heavy atom. The molecule has 2 heterocycles. The smallest absolute Gasteiger partial charge is 0.361 e.